The molecule has 4 heterocycles. The van der Waals surface area contributed by atoms with Crippen molar-refractivity contribution < 1.29 is 50.9 Å². The number of hydrogen-bond acceptors (Lipinski definition) is 7. The second kappa shape index (κ2) is 12.6. The Kier molecular flexibility index (Phi) is 9.89. The summed E-state index contributed by atoms with van der Waals surface area (Å²) in [7, 11) is 0. The van der Waals surface area contributed by atoms with Crippen LogP contribution in [0.25, 0.3) is 21.3 Å². The zero-order valence-corrected chi connectivity index (χ0v) is 22.7. The van der Waals surface area contributed by atoms with Crippen molar-refractivity contribution in [1.82, 2.24) is 9.88 Å². The van der Waals surface area contributed by atoms with Crippen LogP contribution < -0.4 is 10.5 Å². The molecule has 16 heteroatoms. The van der Waals surface area contributed by atoms with Crippen molar-refractivity contribution in [3.05, 3.63) is 40.9 Å². The minimum absolute atomic E-state index is 0.322. The first-order valence-corrected chi connectivity index (χ1v) is 13.1. The van der Waals surface area contributed by atoms with E-state index in [9.17, 15) is 26.3 Å². The third-order valence-corrected chi connectivity index (χ3v) is 7.44. The summed E-state index contributed by atoms with van der Waals surface area (Å²) in [6.07, 6.45) is -7.31. The fourth-order valence-electron chi connectivity index (χ4n) is 4.14. The molecule has 3 aromatic rings. The Bertz CT molecular complexity index is 1340. The Morgan fingerprint density at radius 2 is 1.57 bits per heavy atom. The molecule has 0 unspecified atom stereocenters. The molecular weight excluding hydrogens is 636 g/mol. The Morgan fingerprint density at radius 3 is 2.08 bits per heavy atom. The number of nitrogen functional groups attached to an aromatic ring is 1. The van der Waals surface area contributed by atoms with Crippen LogP contribution in [-0.2, 0) is 9.59 Å². The predicted molar refractivity (Wildman–Crippen MR) is 138 cm³/mol. The third kappa shape index (κ3) is 8.44. The van der Waals surface area contributed by atoms with Crippen molar-refractivity contribution in [2.45, 2.75) is 31.3 Å². The molecule has 0 amide bonds. The lowest BCUT2D eigenvalue weighted by Crippen LogP contribution is -2.52. The van der Waals surface area contributed by atoms with E-state index < -0.39 is 24.3 Å². The van der Waals surface area contributed by atoms with Crippen molar-refractivity contribution in [3.63, 3.8) is 0 Å². The van der Waals surface area contributed by atoms with Crippen molar-refractivity contribution >= 4 is 54.6 Å². The molecule has 0 radical (unpaired) electrons. The number of thiazole rings is 1. The highest BCUT2D eigenvalue weighted by Gasteiger charge is 2.39. The highest BCUT2D eigenvalue weighted by atomic mass is 79.9. The Hall–Kier alpha value is -3.11. The predicted octanol–water partition coefficient (Wildman–Crippen LogP) is 6.05. The number of carbonyl (C=O) groups is 2. The molecule has 3 saturated heterocycles. The lowest BCUT2D eigenvalue weighted by atomic mass is 9.86. The second-order valence-corrected chi connectivity index (χ2v) is 10.7. The summed E-state index contributed by atoms with van der Waals surface area (Å²) in [5, 5.41) is 14.8. The number of ether oxygens (including phenoxy) is 1. The molecule has 218 valence electrons. The van der Waals surface area contributed by atoms with E-state index in [1.165, 1.54) is 37.3 Å². The molecule has 2 bridgehead atoms. The van der Waals surface area contributed by atoms with E-state index in [1.54, 1.807) is 0 Å². The number of carboxylic acids is 2. The van der Waals surface area contributed by atoms with Crippen LogP contribution in [0.4, 0.5) is 31.5 Å². The Balaban J connectivity index is 0.000000263. The minimum atomic E-state index is -5.08. The van der Waals surface area contributed by atoms with E-state index in [0.717, 1.165) is 38.1 Å². The smallest absolute Gasteiger partial charge is 0.489 e. The number of aromatic nitrogens is 1. The summed E-state index contributed by atoms with van der Waals surface area (Å²) >= 11 is 5.15. The average Bonchev–Trinajstić information content (AvgIpc) is 3.25. The largest absolute Gasteiger partial charge is 0.490 e. The third-order valence-electron chi connectivity index (χ3n) is 6.00. The first kappa shape index (κ1) is 31.4. The molecule has 0 spiro atoms. The summed E-state index contributed by atoms with van der Waals surface area (Å²) in [5.74, 6) is -3.85. The van der Waals surface area contributed by atoms with E-state index >= 15 is 0 Å². The van der Waals surface area contributed by atoms with Gasteiger partial charge in [-0.05, 0) is 83.2 Å². The van der Waals surface area contributed by atoms with Crippen molar-refractivity contribution in [2.75, 3.05) is 25.4 Å². The highest BCUT2D eigenvalue weighted by molar-refractivity contribution is 9.10. The maximum atomic E-state index is 10.6. The Morgan fingerprint density at radius 1 is 1.00 bits per heavy atom. The molecule has 1 aromatic heterocycles. The molecule has 3 aliphatic heterocycles. The maximum Gasteiger partial charge on any atom is 0.490 e. The van der Waals surface area contributed by atoms with E-state index in [0.29, 0.717) is 17.2 Å². The van der Waals surface area contributed by atoms with Gasteiger partial charge in [0.25, 0.3) is 0 Å². The van der Waals surface area contributed by atoms with Gasteiger partial charge >= 0.3 is 24.3 Å². The van der Waals surface area contributed by atoms with Gasteiger partial charge in [0.1, 0.15) is 11.9 Å². The van der Waals surface area contributed by atoms with Crippen molar-refractivity contribution in [1.29, 1.82) is 0 Å². The summed E-state index contributed by atoms with van der Waals surface area (Å²) in [6, 6.07) is 12.7. The number of piperidine rings is 3. The minimum Gasteiger partial charge on any atom is -0.489 e. The number of fused-ring (bicyclic) bond motifs is 4. The summed E-state index contributed by atoms with van der Waals surface area (Å²) in [6.45, 7) is 3.53. The van der Waals surface area contributed by atoms with E-state index in [-0.39, 0.29) is 0 Å². The zero-order chi connectivity index (χ0) is 29.8. The van der Waals surface area contributed by atoms with Gasteiger partial charge in [-0.25, -0.2) is 14.6 Å². The molecule has 6 rings (SSSR count). The number of alkyl halides is 6. The first-order valence-electron chi connectivity index (χ1n) is 11.5. The number of rotatable bonds is 3. The van der Waals surface area contributed by atoms with Gasteiger partial charge in [-0.2, -0.15) is 26.3 Å². The number of carboxylic acid groups (broad SMARTS) is 2. The van der Waals surface area contributed by atoms with E-state index in [4.69, 9.17) is 30.3 Å². The van der Waals surface area contributed by atoms with Crippen LogP contribution in [0.3, 0.4) is 0 Å². The molecule has 40 heavy (non-hydrogen) atoms. The molecule has 8 nitrogen and oxygen atoms in total. The zero-order valence-electron chi connectivity index (χ0n) is 20.3. The highest BCUT2D eigenvalue weighted by Crippen LogP contribution is 2.36. The molecule has 0 aliphatic carbocycles. The van der Waals surface area contributed by atoms with Gasteiger partial charge in [0.05, 0.1) is 10.2 Å². The van der Waals surface area contributed by atoms with Crippen LogP contribution in [0, 0.1) is 5.92 Å². The van der Waals surface area contributed by atoms with Gasteiger partial charge in [-0.1, -0.05) is 23.5 Å². The van der Waals surface area contributed by atoms with Gasteiger partial charge in [0, 0.05) is 11.0 Å². The van der Waals surface area contributed by atoms with Gasteiger partial charge < -0.3 is 20.7 Å². The monoisotopic (exact) mass is 657 g/mol. The molecular formula is C24H22BrF6N3O5S. The fourth-order valence-corrected chi connectivity index (χ4v) is 5.62. The molecule has 2 aromatic carbocycles. The van der Waals surface area contributed by atoms with Crippen molar-refractivity contribution in [2.24, 2.45) is 5.92 Å². The second-order valence-electron chi connectivity index (χ2n) is 8.78. The lowest BCUT2D eigenvalue weighted by molar-refractivity contribution is -0.193. The molecule has 4 N–H and O–H groups in total. The number of anilines is 1. The summed E-state index contributed by atoms with van der Waals surface area (Å²) < 4.78 is 71.9. The normalized spacial score (nSPS) is 20.1. The van der Waals surface area contributed by atoms with Crippen molar-refractivity contribution in [3.8, 4) is 16.9 Å². The van der Waals surface area contributed by atoms with Crippen LogP contribution in [0.1, 0.15) is 12.8 Å². The fraction of sp³-hybridized carbons (Fsp3) is 0.375. The molecule has 3 aliphatic rings. The standard InChI is InChI=1S/C20H20BrN3OS.2C2HF3O2/c21-16-9-14(10-18-19(16)23-20(22)26-18)13-2-1-3-15(8-13)25-17-11-24-6-4-12(17)5-7-24;2*3-2(4,5)1(6)7/h1-3,8-10,12,17H,4-7,11H2,(H2,22,23);2*(H,6,7)/t17-;;/m0../s1. The van der Waals surface area contributed by atoms with Crippen LogP contribution in [-0.4, -0.2) is 70.1 Å². The number of nitrogens with two attached hydrogens (primary N) is 1. The topological polar surface area (TPSA) is 126 Å². The number of aliphatic carboxylic acids is 2. The van der Waals surface area contributed by atoms with E-state index in [1.807, 2.05) is 0 Å². The SMILES string of the molecule is Nc1nc2c(Br)cc(-c3cccc(O[C@H]4CN5CCC4CC5)c3)cc2s1.O=C(O)C(F)(F)F.O=C(O)C(F)(F)F. The first-order chi connectivity index (χ1) is 18.5. The lowest BCUT2D eigenvalue weighted by Gasteiger charge is -2.44. The van der Waals surface area contributed by atoms with E-state index in [2.05, 4.69) is 62.2 Å². The van der Waals surface area contributed by atoms with Crippen LogP contribution in [0.15, 0.2) is 40.9 Å². The Labute approximate surface area is 235 Å². The van der Waals surface area contributed by atoms with Gasteiger partial charge in [-0.3, -0.25) is 4.90 Å². The van der Waals surface area contributed by atoms with Gasteiger partial charge in [0.15, 0.2) is 5.13 Å². The maximum absolute atomic E-state index is 10.6. The number of benzene rings is 2. The number of nitrogens with zero attached hydrogens (tertiary/aromatic N) is 2. The quantitative estimate of drug-likeness (QED) is 0.291. The molecule has 3 fully saturated rings. The molecule has 1 atom stereocenters. The summed E-state index contributed by atoms with van der Waals surface area (Å²) in [4.78, 5) is 24.7. The summed E-state index contributed by atoms with van der Waals surface area (Å²) in [5.41, 5.74) is 9.09. The molecule has 0 saturated carbocycles. The average molecular weight is 658 g/mol. The van der Waals surface area contributed by atoms with Crippen LogP contribution in [0.2, 0.25) is 0 Å². The van der Waals surface area contributed by atoms with Crippen LogP contribution >= 0.6 is 27.3 Å². The van der Waals surface area contributed by atoms with Crippen LogP contribution in [0.5, 0.6) is 5.75 Å². The number of halogens is 7. The van der Waals surface area contributed by atoms with Gasteiger partial charge in [0.2, 0.25) is 0 Å². The van der Waals surface area contributed by atoms with Gasteiger partial charge in [-0.15, -0.1) is 0 Å². The number of hydrogen-bond donors (Lipinski definition) is 3.